The summed E-state index contributed by atoms with van der Waals surface area (Å²) in [5, 5.41) is 8.39. The van der Waals surface area contributed by atoms with Gasteiger partial charge in [-0.05, 0) is 25.7 Å². The van der Waals surface area contributed by atoms with Gasteiger partial charge in [0.05, 0.1) is 5.75 Å². The number of carboxylic acid groups (broad SMARTS) is 1. The predicted octanol–water partition coefficient (Wildman–Crippen LogP) is 0.667. The van der Waals surface area contributed by atoms with Crippen LogP contribution in [0.15, 0.2) is 0 Å². The summed E-state index contributed by atoms with van der Waals surface area (Å²) in [5.74, 6) is -0.783. The summed E-state index contributed by atoms with van der Waals surface area (Å²) in [7, 11) is -3.12. The highest BCUT2D eigenvalue weighted by Gasteiger charge is 2.24. The van der Waals surface area contributed by atoms with Gasteiger partial charge in [0.2, 0.25) is 10.0 Å². The van der Waals surface area contributed by atoms with Crippen molar-refractivity contribution >= 4 is 16.0 Å². The highest BCUT2D eigenvalue weighted by atomic mass is 32.2. The van der Waals surface area contributed by atoms with Crippen LogP contribution in [0, 0.1) is 0 Å². The molecule has 5 nitrogen and oxygen atoms in total. The number of hydrogen-bond donors (Lipinski definition) is 1. The van der Waals surface area contributed by atoms with Crippen LogP contribution in [0.1, 0.15) is 32.1 Å². The van der Waals surface area contributed by atoms with Crippen LogP contribution in [0.3, 0.4) is 0 Å². The molecule has 15 heavy (non-hydrogen) atoms. The highest BCUT2D eigenvalue weighted by Crippen LogP contribution is 2.14. The molecule has 0 saturated carbocycles. The van der Waals surface area contributed by atoms with E-state index in [-0.39, 0.29) is 12.2 Å². The summed E-state index contributed by atoms with van der Waals surface area (Å²) in [6.07, 6.45) is 2.80. The largest absolute Gasteiger partial charge is 0.481 e. The van der Waals surface area contributed by atoms with Crippen LogP contribution in [-0.4, -0.2) is 42.6 Å². The van der Waals surface area contributed by atoms with Gasteiger partial charge in [-0.2, -0.15) is 0 Å². The maximum absolute atomic E-state index is 11.7. The predicted molar refractivity (Wildman–Crippen MR) is 56.1 cm³/mol. The molecular formula is C9H17NO4S. The summed E-state index contributed by atoms with van der Waals surface area (Å²) in [4.78, 5) is 10.2. The number of rotatable bonds is 6. The van der Waals surface area contributed by atoms with Gasteiger partial charge in [-0.25, -0.2) is 12.7 Å². The second kappa shape index (κ2) is 5.46. The second-order valence-electron chi connectivity index (χ2n) is 3.77. The van der Waals surface area contributed by atoms with Crippen molar-refractivity contribution in [3.8, 4) is 0 Å². The smallest absolute Gasteiger partial charge is 0.303 e. The molecule has 0 aliphatic carbocycles. The van der Waals surface area contributed by atoms with Crippen molar-refractivity contribution in [2.45, 2.75) is 32.1 Å². The SMILES string of the molecule is O=C(O)CCCCS(=O)(=O)N1CCCC1. The fourth-order valence-corrected chi connectivity index (χ4v) is 3.30. The van der Waals surface area contributed by atoms with E-state index in [1.54, 1.807) is 0 Å². The van der Waals surface area contributed by atoms with Crippen molar-refractivity contribution in [3.63, 3.8) is 0 Å². The first-order valence-corrected chi connectivity index (χ1v) is 6.83. The first-order valence-electron chi connectivity index (χ1n) is 5.22. The Morgan fingerprint density at radius 3 is 2.33 bits per heavy atom. The third-order valence-corrected chi connectivity index (χ3v) is 4.46. The zero-order chi connectivity index (χ0) is 11.3. The Morgan fingerprint density at radius 2 is 1.80 bits per heavy atom. The minimum absolute atomic E-state index is 0.0511. The zero-order valence-electron chi connectivity index (χ0n) is 8.68. The number of sulfonamides is 1. The molecule has 0 unspecified atom stereocenters. The fraction of sp³-hybridized carbons (Fsp3) is 0.889. The Labute approximate surface area is 90.1 Å². The Morgan fingerprint density at radius 1 is 1.20 bits per heavy atom. The molecule has 0 aromatic carbocycles. The Balaban J connectivity index is 2.27. The number of hydrogen-bond acceptors (Lipinski definition) is 3. The lowest BCUT2D eigenvalue weighted by molar-refractivity contribution is -0.137. The van der Waals surface area contributed by atoms with Crippen molar-refractivity contribution in [1.82, 2.24) is 4.31 Å². The normalized spacial score (nSPS) is 18.1. The van der Waals surface area contributed by atoms with Gasteiger partial charge >= 0.3 is 5.97 Å². The van der Waals surface area contributed by atoms with Crippen LogP contribution < -0.4 is 0 Å². The molecule has 0 atom stereocenters. The molecule has 0 aromatic heterocycles. The lowest BCUT2D eigenvalue weighted by Crippen LogP contribution is -2.30. The molecule has 0 radical (unpaired) electrons. The van der Waals surface area contributed by atoms with Gasteiger partial charge in [-0.1, -0.05) is 0 Å². The molecule has 1 rings (SSSR count). The van der Waals surface area contributed by atoms with Crippen LogP contribution in [-0.2, 0) is 14.8 Å². The van der Waals surface area contributed by atoms with Gasteiger partial charge in [-0.3, -0.25) is 4.79 Å². The van der Waals surface area contributed by atoms with Gasteiger partial charge in [0.1, 0.15) is 0 Å². The summed E-state index contributed by atoms with van der Waals surface area (Å²) in [5.41, 5.74) is 0. The molecule has 1 fully saturated rings. The maximum Gasteiger partial charge on any atom is 0.303 e. The maximum atomic E-state index is 11.7. The van der Waals surface area contributed by atoms with E-state index >= 15 is 0 Å². The molecule has 1 aliphatic rings. The zero-order valence-corrected chi connectivity index (χ0v) is 9.50. The van der Waals surface area contributed by atoms with Crippen LogP contribution in [0.4, 0.5) is 0 Å². The number of aliphatic carboxylic acids is 1. The Kier molecular flexibility index (Phi) is 4.53. The van der Waals surface area contributed by atoms with E-state index in [4.69, 9.17) is 5.11 Å². The van der Waals surface area contributed by atoms with Gasteiger partial charge in [-0.15, -0.1) is 0 Å². The van der Waals surface area contributed by atoms with Gasteiger partial charge in [0.25, 0.3) is 0 Å². The van der Waals surface area contributed by atoms with E-state index < -0.39 is 16.0 Å². The molecule has 0 aromatic rings. The molecule has 0 spiro atoms. The van der Waals surface area contributed by atoms with Crippen LogP contribution >= 0.6 is 0 Å². The lowest BCUT2D eigenvalue weighted by atomic mass is 10.3. The first-order chi connectivity index (χ1) is 7.02. The highest BCUT2D eigenvalue weighted by molar-refractivity contribution is 7.89. The van der Waals surface area contributed by atoms with E-state index in [1.165, 1.54) is 4.31 Å². The van der Waals surface area contributed by atoms with Crippen LogP contribution in [0.2, 0.25) is 0 Å². The van der Waals surface area contributed by atoms with Crippen molar-refractivity contribution in [1.29, 1.82) is 0 Å². The molecule has 1 N–H and O–H groups in total. The molecule has 88 valence electrons. The molecule has 6 heteroatoms. The second-order valence-corrected chi connectivity index (χ2v) is 5.86. The monoisotopic (exact) mass is 235 g/mol. The van der Waals surface area contributed by atoms with Crippen molar-refractivity contribution in [2.75, 3.05) is 18.8 Å². The van der Waals surface area contributed by atoms with E-state index in [0.29, 0.717) is 25.9 Å². The van der Waals surface area contributed by atoms with Crippen LogP contribution in [0.5, 0.6) is 0 Å². The summed E-state index contributed by atoms with van der Waals surface area (Å²) in [6, 6.07) is 0. The van der Waals surface area contributed by atoms with Gasteiger partial charge in [0, 0.05) is 19.5 Å². The average molecular weight is 235 g/mol. The minimum atomic E-state index is -3.12. The average Bonchev–Trinajstić information content (AvgIpc) is 2.65. The van der Waals surface area contributed by atoms with E-state index in [1.807, 2.05) is 0 Å². The van der Waals surface area contributed by atoms with Gasteiger partial charge in [0.15, 0.2) is 0 Å². The fourth-order valence-electron chi connectivity index (χ4n) is 1.66. The number of unbranched alkanes of at least 4 members (excludes halogenated alkanes) is 1. The summed E-state index contributed by atoms with van der Waals surface area (Å²) < 4.78 is 24.8. The molecule has 0 bridgehead atoms. The molecule has 1 aliphatic heterocycles. The minimum Gasteiger partial charge on any atom is -0.481 e. The van der Waals surface area contributed by atoms with Gasteiger partial charge < -0.3 is 5.11 Å². The molecule has 1 heterocycles. The van der Waals surface area contributed by atoms with Crippen LogP contribution in [0.25, 0.3) is 0 Å². The third-order valence-electron chi connectivity index (χ3n) is 2.50. The third kappa shape index (κ3) is 4.17. The standard InChI is InChI=1S/C9H17NO4S/c11-9(12)5-1-4-8-15(13,14)10-6-2-3-7-10/h1-8H2,(H,11,12). The van der Waals surface area contributed by atoms with Crippen molar-refractivity contribution in [3.05, 3.63) is 0 Å². The Hall–Kier alpha value is -0.620. The molecule has 0 amide bonds. The lowest BCUT2D eigenvalue weighted by Gasteiger charge is -2.14. The summed E-state index contributed by atoms with van der Waals surface area (Å²) in [6.45, 7) is 1.25. The molecular weight excluding hydrogens is 218 g/mol. The summed E-state index contributed by atoms with van der Waals surface area (Å²) >= 11 is 0. The number of nitrogens with zero attached hydrogens (tertiary/aromatic N) is 1. The van der Waals surface area contributed by atoms with E-state index in [0.717, 1.165) is 12.8 Å². The topological polar surface area (TPSA) is 74.7 Å². The Bertz CT molecular complexity index is 306. The van der Waals surface area contributed by atoms with E-state index in [2.05, 4.69) is 0 Å². The number of carbonyl (C=O) groups is 1. The first kappa shape index (κ1) is 12.4. The van der Waals surface area contributed by atoms with Crippen molar-refractivity contribution < 1.29 is 18.3 Å². The quantitative estimate of drug-likeness (QED) is 0.686. The van der Waals surface area contributed by atoms with Crippen molar-refractivity contribution in [2.24, 2.45) is 0 Å². The molecule has 1 saturated heterocycles. The van der Waals surface area contributed by atoms with E-state index in [9.17, 15) is 13.2 Å². The number of carboxylic acids is 1.